The molecule has 0 saturated carbocycles. The second kappa shape index (κ2) is 4.57. The zero-order valence-electron chi connectivity index (χ0n) is 10.0. The fourth-order valence-corrected chi connectivity index (χ4v) is 2.35. The summed E-state index contributed by atoms with van der Waals surface area (Å²) < 4.78 is 0. The van der Waals surface area contributed by atoms with Crippen molar-refractivity contribution in [1.82, 2.24) is 0 Å². The number of hydrogen-bond acceptors (Lipinski definition) is 2. The zero-order valence-corrected chi connectivity index (χ0v) is 10.0. The quantitative estimate of drug-likeness (QED) is 0.756. The van der Waals surface area contributed by atoms with E-state index >= 15 is 0 Å². The lowest BCUT2D eigenvalue weighted by Crippen LogP contribution is -2.32. The van der Waals surface area contributed by atoms with Gasteiger partial charge < -0.3 is 4.90 Å². The summed E-state index contributed by atoms with van der Waals surface area (Å²) in [5.41, 5.74) is 3.44. The van der Waals surface area contributed by atoms with E-state index in [4.69, 9.17) is 5.26 Å². The summed E-state index contributed by atoms with van der Waals surface area (Å²) in [6.07, 6.45) is 2.38. The topological polar surface area (TPSA) is 27.0 Å². The van der Waals surface area contributed by atoms with Gasteiger partial charge in [-0.2, -0.15) is 5.26 Å². The molecule has 0 aromatic heterocycles. The van der Waals surface area contributed by atoms with Crippen LogP contribution in [0.4, 0.5) is 5.69 Å². The van der Waals surface area contributed by atoms with E-state index in [2.05, 4.69) is 30.9 Å². The van der Waals surface area contributed by atoms with Crippen LogP contribution in [-0.2, 0) is 6.42 Å². The van der Waals surface area contributed by atoms with E-state index in [9.17, 15) is 0 Å². The van der Waals surface area contributed by atoms with Crippen LogP contribution in [0.25, 0.3) is 0 Å². The first kappa shape index (κ1) is 11.0. The smallest absolute Gasteiger partial charge is 0.0992 e. The van der Waals surface area contributed by atoms with Crippen molar-refractivity contribution in [3.05, 3.63) is 29.3 Å². The summed E-state index contributed by atoms with van der Waals surface area (Å²) in [4.78, 5) is 2.42. The molecule has 0 radical (unpaired) electrons. The highest BCUT2D eigenvalue weighted by molar-refractivity contribution is 5.59. The highest BCUT2D eigenvalue weighted by atomic mass is 15.1. The molecule has 0 unspecified atom stereocenters. The number of fused-ring (bicyclic) bond motifs is 1. The molecule has 0 saturated heterocycles. The lowest BCUT2D eigenvalue weighted by Gasteiger charge is -2.32. The predicted molar refractivity (Wildman–Crippen MR) is 66.5 cm³/mol. The summed E-state index contributed by atoms with van der Waals surface area (Å²) >= 11 is 0. The minimum atomic E-state index is 0.664. The molecule has 2 nitrogen and oxygen atoms in total. The van der Waals surface area contributed by atoms with Gasteiger partial charge in [-0.25, -0.2) is 0 Å². The molecule has 0 amide bonds. The van der Waals surface area contributed by atoms with Gasteiger partial charge in [-0.3, -0.25) is 0 Å². The van der Waals surface area contributed by atoms with Crippen molar-refractivity contribution in [3.63, 3.8) is 0 Å². The van der Waals surface area contributed by atoms with Gasteiger partial charge in [0.25, 0.3) is 0 Å². The molecule has 1 aromatic carbocycles. The molecular formula is C14H18N2. The Morgan fingerprint density at radius 1 is 1.44 bits per heavy atom. The third-order valence-corrected chi connectivity index (χ3v) is 3.01. The van der Waals surface area contributed by atoms with Gasteiger partial charge in [0.05, 0.1) is 11.6 Å². The minimum Gasteiger partial charge on any atom is -0.371 e. The second-order valence-electron chi connectivity index (χ2n) is 4.90. The van der Waals surface area contributed by atoms with E-state index in [-0.39, 0.29) is 0 Å². The molecule has 16 heavy (non-hydrogen) atoms. The largest absolute Gasteiger partial charge is 0.371 e. The van der Waals surface area contributed by atoms with Crippen LogP contribution in [0.5, 0.6) is 0 Å². The van der Waals surface area contributed by atoms with E-state index in [1.54, 1.807) is 0 Å². The van der Waals surface area contributed by atoms with E-state index in [1.807, 2.05) is 12.1 Å². The Balaban J connectivity index is 2.32. The van der Waals surface area contributed by atoms with Gasteiger partial charge in [0.15, 0.2) is 0 Å². The maximum Gasteiger partial charge on any atom is 0.0992 e. The maximum absolute atomic E-state index is 8.94. The minimum absolute atomic E-state index is 0.664. The summed E-state index contributed by atoms with van der Waals surface area (Å²) in [6, 6.07) is 8.30. The molecule has 0 atom stereocenters. The van der Waals surface area contributed by atoms with Gasteiger partial charge in [-0.15, -0.1) is 0 Å². The van der Waals surface area contributed by atoms with Crippen LogP contribution < -0.4 is 4.90 Å². The summed E-state index contributed by atoms with van der Waals surface area (Å²) in [7, 11) is 0. The Kier molecular flexibility index (Phi) is 3.14. The molecule has 1 aliphatic rings. The van der Waals surface area contributed by atoms with Crippen molar-refractivity contribution in [2.45, 2.75) is 26.7 Å². The first-order valence-electron chi connectivity index (χ1n) is 5.98. The predicted octanol–water partition coefficient (Wildman–Crippen LogP) is 2.97. The number of anilines is 1. The highest BCUT2D eigenvalue weighted by Gasteiger charge is 2.17. The van der Waals surface area contributed by atoms with Crippen LogP contribution in [0, 0.1) is 17.2 Å². The molecule has 1 heterocycles. The third-order valence-electron chi connectivity index (χ3n) is 3.01. The van der Waals surface area contributed by atoms with Crippen LogP contribution in [-0.4, -0.2) is 13.1 Å². The van der Waals surface area contributed by atoms with Gasteiger partial charge in [-0.05, 0) is 36.5 Å². The normalized spacial score (nSPS) is 14.8. The Morgan fingerprint density at radius 2 is 2.25 bits per heavy atom. The van der Waals surface area contributed by atoms with Gasteiger partial charge >= 0.3 is 0 Å². The van der Waals surface area contributed by atoms with Crippen molar-refractivity contribution in [2.24, 2.45) is 5.92 Å². The zero-order chi connectivity index (χ0) is 11.5. The van der Waals surface area contributed by atoms with Crippen molar-refractivity contribution in [2.75, 3.05) is 18.0 Å². The molecule has 1 aliphatic heterocycles. The van der Waals surface area contributed by atoms with Crippen LogP contribution in [0.1, 0.15) is 31.4 Å². The summed E-state index contributed by atoms with van der Waals surface area (Å²) in [5, 5.41) is 8.94. The first-order valence-corrected chi connectivity index (χ1v) is 5.98. The van der Waals surface area contributed by atoms with E-state index in [1.165, 1.54) is 17.7 Å². The lowest BCUT2D eigenvalue weighted by molar-refractivity contribution is 0.584. The van der Waals surface area contributed by atoms with Crippen molar-refractivity contribution in [1.29, 1.82) is 5.26 Å². The van der Waals surface area contributed by atoms with Gasteiger partial charge in [-0.1, -0.05) is 19.9 Å². The van der Waals surface area contributed by atoms with Crippen LogP contribution in [0.3, 0.4) is 0 Å². The number of aryl methyl sites for hydroxylation is 1. The molecule has 1 aromatic rings. The third kappa shape index (κ3) is 2.19. The Morgan fingerprint density at radius 3 is 2.94 bits per heavy atom. The molecule has 0 N–H and O–H groups in total. The van der Waals surface area contributed by atoms with Gasteiger partial charge in [0.1, 0.15) is 0 Å². The molecule has 0 bridgehead atoms. The number of nitriles is 1. The Labute approximate surface area is 97.5 Å². The van der Waals surface area contributed by atoms with E-state index < -0.39 is 0 Å². The number of nitrogens with zero attached hydrogens (tertiary/aromatic N) is 2. The summed E-state index contributed by atoms with van der Waals surface area (Å²) in [6.45, 7) is 6.69. The first-order chi connectivity index (χ1) is 7.70. The molecule has 2 rings (SSSR count). The fourth-order valence-electron chi connectivity index (χ4n) is 2.35. The summed E-state index contributed by atoms with van der Waals surface area (Å²) in [5.74, 6) is 0.664. The number of hydrogen-bond donors (Lipinski definition) is 0. The molecule has 0 fully saturated rings. The molecule has 0 spiro atoms. The van der Waals surface area contributed by atoms with Crippen LogP contribution in [0.15, 0.2) is 18.2 Å². The monoisotopic (exact) mass is 214 g/mol. The highest BCUT2D eigenvalue weighted by Crippen LogP contribution is 2.28. The average molecular weight is 214 g/mol. The molecule has 2 heteroatoms. The average Bonchev–Trinajstić information content (AvgIpc) is 2.28. The molecule has 84 valence electrons. The maximum atomic E-state index is 8.94. The van der Waals surface area contributed by atoms with E-state index in [0.29, 0.717) is 5.92 Å². The van der Waals surface area contributed by atoms with Crippen LogP contribution >= 0.6 is 0 Å². The Bertz CT molecular complexity index is 415. The number of rotatable bonds is 2. The molecule has 0 aliphatic carbocycles. The van der Waals surface area contributed by atoms with Crippen molar-refractivity contribution in [3.8, 4) is 6.07 Å². The molecular weight excluding hydrogens is 196 g/mol. The van der Waals surface area contributed by atoms with Gasteiger partial charge in [0, 0.05) is 18.8 Å². The standard InChI is InChI=1S/C14H18N2/c1-11(2)10-16-7-3-4-13-6-5-12(9-15)8-14(13)16/h5-6,8,11H,3-4,7,10H2,1-2H3. The van der Waals surface area contributed by atoms with E-state index in [0.717, 1.165) is 25.1 Å². The fraction of sp³-hybridized carbons (Fsp3) is 0.500. The number of benzene rings is 1. The van der Waals surface area contributed by atoms with Crippen molar-refractivity contribution < 1.29 is 0 Å². The van der Waals surface area contributed by atoms with Crippen LogP contribution in [0.2, 0.25) is 0 Å². The SMILES string of the molecule is CC(C)CN1CCCc2ccc(C#N)cc21. The Hall–Kier alpha value is -1.49. The lowest BCUT2D eigenvalue weighted by atomic mass is 9.99. The van der Waals surface area contributed by atoms with Crippen molar-refractivity contribution >= 4 is 5.69 Å². The second-order valence-corrected chi connectivity index (χ2v) is 4.90. The van der Waals surface area contributed by atoms with Gasteiger partial charge in [0.2, 0.25) is 0 Å².